The summed E-state index contributed by atoms with van der Waals surface area (Å²) in [6.45, 7) is 5.82. The van der Waals surface area contributed by atoms with Crippen molar-refractivity contribution in [2.24, 2.45) is 11.6 Å². The summed E-state index contributed by atoms with van der Waals surface area (Å²) in [6.07, 6.45) is 5.19. The van der Waals surface area contributed by atoms with E-state index in [0.717, 1.165) is 41.5 Å². The molecule has 1 saturated heterocycles. The van der Waals surface area contributed by atoms with E-state index in [1.807, 2.05) is 47.1 Å². The minimum atomic E-state index is 0.179. The lowest BCUT2D eigenvalue weighted by molar-refractivity contribution is -0.00551. The molecule has 0 bridgehead atoms. The third kappa shape index (κ3) is 3.51. The van der Waals surface area contributed by atoms with Crippen molar-refractivity contribution >= 4 is 17.2 Å². The van der Waals surface area contributed by atoms with Crippen molar-refractivity contribution in [3.63, 3.8) is 0 Å². The maximum Gasteiger partial charge on any atom is 0.154 e. The number of nitrogens with two attached hydrogens (primary N) is 2. The van der Waals surface area contributed by atoms with Crippen LogP contribution in [0.15, 0.2) is 55.0 Å². The first-order valence-electron chi connectivity index (χ1n) is 9.33. The molecule has 3 heterocycles. The van der Waals surface area contributed by atoms with Gasteiger partial charge in [-0.1, -0.05) is 12.1 Å². The van der Waals surface area contributed by atoms with Crippen molar-refractivity contribution < 1.29 is 4.74 Å². The largest absolute Gasteiger partial charge is 0.403 e. The monoisotopic (exact) mass is 379 g/mol. The van der Waals surface area contributed by atoms with Gasteiger partial charge in [0.05, 0.1) is 29.8 Å². The third-order valence-electron chi connectivity index (χ3n) is 4.80. The standard InChI is InChI=1S/C20H25N7O/c1-14-12-25(13-15(2)28-14)20-8-7-19-23-11-18(27(19)24-20)16-3-5-17(6-4-16)26(22)10-9-21/h3-11,14-15H,12-13,21-22H2,1-2H3/b10-9-/t14-,15+. The van der Waals surface area contributed by atoms with Crippen LogP contribution in [0.1, 0.15) is 13.8 Å². The highest BCUT2D eigenvalue weighted by molar-refractivity contribution is 5.66. The van der Waals surface area contributed by atoms with Gasteiger partial charge in [0, 0.05) is 31.1 Å². The van der Waals surface area contributed by atoms with Crippen LogP contribution in [0, 0.1) is 0 Å². The van der Waals surface area contributed by atoms with E-state index in [9.17, 15) is 0 Å². The first kappa shape index (κ1) is 18.3. The number of fused-ring (bicyclic) bond motifs is 1. The molecule has 0 radical (unpaired) electrons. The van der Waals surface area contributed by atoms with Crippen LogP contribution in [0.3, 0.4) is 0 Å². The Balaban J connectivity index is 1.66. The van der Waals surface area contributed by atoms with Gasteiger partial charge in [-0.25, -0.2) is 15.3 Å². The van der Waals surface area contributed by atoms with E-state index in [2.05, 4.69) is 23.7 Å². The van der Waals surface area contributed by atoms with Crippen LogP contribution in [0.4, 0.5) is 11.5 Å². The highest BCUT2D eigenvalue weighted by atomic mass is 16.5. The smallest absolute Gasteiger partial charge is 0.154 e. The Kier molecular flexibility index (Phi) is 4.89. The lowest BCUT2D eigenvalue weighted by Crippen LogP contribution is -2.46. The Labute approximate surface area is 164 Å². The molecule has 2 aromatic heterocycles. The molecule has 1 fully saturated rings. The van der Waals surface area contributed by atoms with Crippen molar-refractivity contribution in [3.8, 4) is 11.3 Å². The number of hydrogen-bond donors (Lipinski definition) is 2. The molecule has 0 amide bonds. The van der Waals surface area contributed by atoms with Gasteiger partial charge in [-0.15, -0.1) is 5.10 Å². The van der Waals surface area contributed by atoms with Gasteiger partial charge in [0.15, 0.2) is 5.65 Å². The average Bonchev–Trinajstić information content (AvgIpc) is 3.11. The van der Waals surface area contributed by atoms with Crippen LogP contribution in [0.25, 0.3) is 16.9 Å². The fourth-order valence-electron chi connectivity index (χ4n) is 3.58. The lowest BCUT2D eigenvalue weighted by Gasteiger charge is -2.35. The molecular formula is C20H25N7O. The molecule has 1 aliphatic heterocycles. The molecule has 28 heavy (non-hydrogen) atoms. The van der Waals surface area contributed by atoms with Crippen LogP contribution in [0.5, 0.6) is 0 Å². The van der Waals surface area contributed by atoms with E-state index < -0.39 is 0 Å². The normalized spacial score (nSPS) is 20.2. The summed E-state index contributed by atoms with van der Waals surface area (Å²) < 4.78 is 7.72. The van der Waals surface area contributed by atoms with Crippen molar-refractivity contribution in [2.45, 2.75) is 26.1 Å². The van der Waals surface area contributed by atoms with Crippen LogP contribution in [0.2, 0.25) is 0 Å². The summed E-state index contributed by atoms with van der Waals surface area (Å²) >= 11 is 0. The number of ether oxygens (including phenoxy) is 1. The first-order valence-corrected chi connectivity index (χ1v) is 9.33. The number of morpholine rings is 1. The Hall–Kier alpha value is -3.10. The zero-order valence-corrected chi connectivity index (χ0v) is 16.1. The predicted octanol–water partition coefficient (Wildman–Crippen LogP) is 2.12. The number of nitrogens with zero attached hydrogens (tertiary/aromatic N) is 5. The molecule has 2 atom stereocenters. The van der Waals surface area contributed by atoms with Gasteiger partial charge in [-0.05, 0) is 38.1 Å². The molecule has 0 spiro atoms. The molecule has 4 rings (SSSR count). The maximum absolute atomic E-state index is 5.91. The summed E-state index contributed by atoms with van der Waals surface area (Å²) in [6, 6.07) is 11.9. The topological polar surface area (TPSA) is 97.9 Å². The SMILES string of the molecule is C[C@@H]1CN(c2ccc3ncc(-c4ccc(N(N)/C=C\N)cc4)n3n2)C[C@H](C)O1. The minimum Gasteiger partial charge on any atom is -0.403 e. The van der Waals surface area contributed by atoms with Crippen molar-refractivity contribution in [1.29, 1.82) is 0 Å². The summed E-state index contributed by atoms with van der Waals surface area (Å²) in [4.78, 5) is 6.75. The second-order valence-corrected chi connectivity index (χ2v) is 7.06. The van der Waals surface area contributed by atoms with Gasteiger partial charge in [0.25, 0.3) is 0 Å². The molecule has 0 unspecified atom stereocenters. The van der Waals surface area contributed by atoms with Gasteiger partial charge in [-0.3, -0.25) is 5.01 Å². The Morgan fingerprint density at radius 3 is 2.50 bits per heavy atom. The third-order valence-corrected chi connectivity index (χ3v) is 4.80. The molecular weight excluding hydrogens is 354 g/mol. The van der Waals surface area contributed by atoms with Crippen molar-refractivity contribution in [1.82, 2.24) is 14.6 Å². The molecule has 4 N–H and O–H groups in total. The fourth-order valence-corrected chi connectivity index (χ4v) is 3.58. The number of benzene rings is 1. The fraction of sp³-hybridized carbons (Fsp3) is 0.300. The molecule has 0 saturated carbocycles. The second kappa shape index (κ2) is 7.49. The molecule has 3 aromatic rings. The summed E-state index contributed by atoms with van der Waals surface area (Å²) in [5.41, 5.74) is 8.98. The molecule has 8 nitrogen and oxygen atoms in total. The average molecular weight is 379 g/mol. The lowest BCUT2D eigenvalue weighted by atomic mass is 10.1. The second-order valence-electron chi connectivity index (χ2n) is 7.06. The van der Waals surface area contributed by atoms with E-state index in [1.54, 1.807) is 6.20 Å². The summed E-state index contributed by atoms with van der Waals surface area (Å²) in [5, 5.41) is 6.32. The molecule has 8 heteroatoms. The van der Waals surface area contributed by atoms with Gasteiger partial charge >= 0.3 is 0 Å². The van der Waals surface area contributed by atoms with Crippen molar-refractivity contribution in [2.75, 3.05) is 23.0 Å². The number of aromatic nitrogens is 3. The number of imidazole rings is 1. The van der Waals surface area contributed by atoms with Gasteiger partial charge in [0.2, 0.25) is 0 Å². The van der Waals surface area contributed by atoms with E-state index >= 15 is 0 Å². The van der Waals surface area contributed by atoms with Gasteiger partial charge in [-0.2, -0.15) is 0 Å². The summed E-state index contributed by atoms with van der Waals surface area (Å²) in [5.74, 6) is 6.83. The zero-order chi connectivity index (χ0) is 19.7. The Morgan fingerprint density at radius 2 is 1.82 bits per heavy atom. The zero-order valence-electron chi connectivity index (χ0n) is 16.1. The molecule has 1 aliphatic rings. The Morgan fingerprint density at radius 1 is 1.11 bits per heavy atom. The number of anilines is 2. The van der Waals surface area contributed by atoms with Gasteiger partial charge < -0.3 is 15.4 Å². The van der Waals surface area contributed by atoms with E-state index in [1.165, 1.54) is 11.2 Å². The van der Waals surface area contributed by atoms with Crippen LogP contribution >= 0.6 is 0 Å². The van der Waals surface area contributed by atoms with Gasteiger partial charge in [0.1, 0.15) is 5.82 Å². The Bertz CT molecular complexity index is 972. The minimum absolute atomic E-state index is 0.179. The van der Waals surface area contributed by atoms with E-state index in [-0.39, 0.29) is 12.2 Å². The molecule has 146 valence electrons. The number of rotatable bonds is 4. The van der Waals surface area contributed by atoms with E-state index in [4.69, 9.17) is 21.4 Å². The van der Waals surface area contributed by atoms with Crippen LogP contribution < -0.4 is 21.5 Å². The quantitative estimate of drug-likeness (QED) is 0.529. The maximum atomic E-state index is 5.91. The summed E-state index contributed by atoms with van der Waals surface area (Å²) in [7, 11) is 0. The highest BCUT2D eigenvalue weighted by Crippen LogP contribution is 2.25. The van der Waals surface area contributed by atoms with Crippen LogP contribution in [-0.2, 0) is 4.74 Å². The highest BCUT2D eigenvalue weighted by Gasteiger charge is 2.23. The number of hydrazine groups is 1. The first-order chi connectivity index (χ1) is 13.5. The number of hydrogen-bond acceptors (Lipinski definition) is 7. The molecule has 0 aliphatic carbocycles. The van der Waals surface area contributed by atoms with Crippen LogP contribution in [-0.4, -0.2) is 39.9 Å². The predicted molar refractivity (Wildman–Crippen MR) is 111 cm³/mol. The molecule has 1 aromatic carbocycles. The van der Waals surface area contributed by atoms with E-state index in [0.29, 0.717) is 0 Å². The van der Waals surface area contributed by atoms with Crippen molar-refractivity contribution in [3.05, 3.63) is 55.0 Å².